The molecule has 2 aromatic rings. The number of aromatic nitrogens is 4. The number of nitrogens with one attached hydrogen (secondary N) is 1. The van der Waals surface area contributed by atoms with Crippen LogP contribution in [0.25, 0.3) is 0 Å². The SMILES string of the molecule is CCn1ncnc1CN[C@H](C)c1ccncc1. The van der Waals surface area contributed by atoms with E-state index < -0.39 is 0 Å². The van der Waals surface area contributed by atoms with E-state index in [1.807, 2.05) is 29.2 Å². The van der Waals surface area contributed by atoms with Gasteiger partial charge in [-0.1, -0.05) is 0 Å². The van der Waals surface area contributed by atoms with Gasteiger partial charge in [0.2, 0.25) is 0 Å². The fraction of sp³-hybridized carbons (Fsp3) is 0.417. The van der Waals surface area contributed by atoms with Crippen molar-refractivity contribution in [2.24, 2.45) is 0 Å². The maximum atomic E-state index is 4.23. The summed E-state index contributed by atoms with van der Waals surface area (Å²) in [5.41, 5.74) is 1.22. The molecule has 2 aromatic heterocycles. The first kappa shape index (κ1) is 11.7. The molecule has 5 heteroatoms. The van der Waals surface area contributed by atoms with Crippen LogP contribution in [0.2, 0.25) is 0 Å². The van der Waals surface area contributed by atoms with Crippen LogP contribution in [0.15, 0.2) is 30.9 Å². The average Bonchev–Trinajstić information content (AvgIpc) is 2.84. The highest BCUT2D eigenvalue weighted by atomic mass is 15.3. The van der Waals surface area contributed by atoms with Gasteiger partial charge in [0.25, 0.3) is 0 Å². The summed E-state index contributed by atoms with van der Waals surface area (Å²) in [6.45, 7) is 5.75. The molecule has 5 nitrogen and oxygen atoms in total. The molecule has 0 unspecified atom stereocenters. The van der Waals surface area contributed by atoms with Gasteiger partial charge in [0.05, 0.1) is 6.54 Å². The van der Waals surface area contributed by atoms with Gasteiger partial charge in [-0.05, 0) is 31.5 Å². The zero-order valence-electron chi connectivity index (χ0n) is 10.2. The summed E-state index contributed by atoms with van der Waals surface area (Å²) in [6.07, 6.45) is 5.21. The molecule has 90 valence electrons. The Kier molecular flexibility index (Phi) is 3.82. The van der Waals surface area contributed by atoms with Crippen molar-refractivity contribution < 1.29 is 0 Å². The zero-order valence-corrected chi connectivity index (χ0v) is 10.2. The molecule has 0 saturated carbocycles. The highest BCUT2D eigenvalue weighted by molar-refractivity contribution is 5.13. The molecule has 0 amide bonds. The van der Waals surface area contributed by atoms with Crippen LogP contribution < -0.4 is 5.32 Å². The van der Waals surface area contributed by atoms with Crippen molar-refractivity contribution in [2.45, 2.75) is 33.0 Å². The lowest BCUT2D eigenvalue weighted by Gasteiger charge is -2.13. The summed E-state index contributed by atoms with van der Waals surface area (Å²) < 4.78 is 1.90. The van der Waals surface area contributed by atoms with E-state index in [0.29, 0.717) is 0 Å². The number of hydrogen-bond acceptors (Lipinski definition) is 4. The molecule has 0 saturated heterocycles. The van der Waals surface area contributed by atoms with Crippen LogP contribution in [-0.2, 0) is 13.1 Å². The number of rotatable bonds is 5. The van der Waals surface area contributed by atoms with Crippen molar-refractivity contribution in [2.75, 3.05) is 0 Å². The predicted molar refractivity (Wildman–Crippen MR) is 65.2 cm³/mol. The molecule has 0 aliphatic heterocycles. The molecular formula is C12H17N5. The maximum Gasteiger partial charge on any atom is 0.140 e. The van der Waals surface area contributed by atoms with Crippen molar-refractivity contribution in [3.8, 4) is 0 Å². The van der Waals surface area contributed by atoms with Gasteiger partial charge in [0, 0.05) is 25.0 Å². The Morgan fingerprint density at radius 1 is 1.35 bits per heavy atom. The van der Waals surface area contributed by atoms with Gasteiger partial charge in [-0.25, -0.2) is 9.67 Å². The van der Waals surface area contributed by atoms with E-state index in [0.717, 1.165) is 18.9 Å². The molecular weight excluding hydrogens is 214 g/mol. The van der Waals surface area contributed by atoms with E-state index in [1.165, 1.54) is 5.56 Å². The lowest BCUT2D eigenvalue weighted by molar-refractivity contribution is 0.523. The quantitative estimate of drug-likeness (QED) is 0.848. The van der Waals surface area contributed by atoms with Crippen LogP contribution in [0, 0.1) is 0 Å². The van der Waals surface area contributed by atoms with Gasteiger partial charge in [0.15, 0.2) is 0 Å². The van der Waals surface area contributed by atoms with Crippen LogP contribution in [0.4, 0.5) is 0 Å². The molecule has 0 fully saturated rings. The average molecular weight is 231 g/mol. The lowest BCUT2D eigenvalue weighted by Crippen LogP contribution is -2.21. The number of hydrogen-bond donors (Lipinski definition) is 1. The fourth-order valence-corrected chi connectivity index (χ4v) is 1.70. The first-order valence-electron chi connectivity index (χ1n) is 5.81. The van der Waals surface area contributed by atoms with Crippen LogP contribution >= 0.6 is 0 Å². The second-order valence-electron chi connectivity index (χ2n) is 3.88. The van der Waals surface area contributed by atoms with E-state index in [9.17, 15) is 0 Å². The van der Waals surface area contributed by atoms with Gasteiger partial charge in [0.1, 0.15) is 12.2 Å². The smallest absolute Gasteiger partial charge is 0.140 e. The Labute approximate surface area is 101 Å². The third-order valence-corrected chi connectivity index (χ3v) is 2.77. The Balaban J connectivity index is 1.95. The minimum atomic E-state index is 0.278. The van der Waals surface area contributed by atoms with Crippen LogP contribution in [0.3, 0.4) is 0 Å². The number of aryl methyl sites for hydroxylation is 1. The summed E-state index contributed by atoms with van der Waals surface area (Å²) in [5, 5.41) is 7.57. The molecule has 0 spiro atoms. The summed E-state index contributed by atoms with van der Waals surface area (Å²) in [7, 11) is 0. The molecule has 0 aliphatic rings. The molecule has 1 atom stereocenters. The summed E-state index contributed by atoms with van der Waals surface area (Å²) >= 11 is 0. The fourth-order valence-electron chi connectivity index (χ4n) is 1.70. The van der Waals surface area contributed by atoms with E-state index in [2.05, 4.69) is 34.2 Å². The van der Waals surface area contributed by atoms with E-state index in [-0.39, 0.29) is 6.04 Å². The Morgan fingerprint density at radius 3 is 2.82 bits per heavy atom. The number of nitrogens with zero attached hydrogens (tertiary/aromatic N) is 4. The third kappa shape index (κ3) is 2.88. The second-order valence-corrected chi connectivity index (χ2v) is 3.88. The second kappa shape index (κ2) is 5.54. The van der Waals surface area contributed by atoms with Crippen molar-refractivity contribution in [1.82, 2.24) is 25.1 Å². The number of pyridine rings is 1. The summed E-state index contributed by atoms with van der Waals surface area (Å²) in [4.78, 5) is 8.24. The monoisotopic (exact) mass is 231 g/mol. The standard InChI is InChI=1S/C12H17N5/c1-3-17-12(15-9-16-17)8-14-10(2)11-4-6-13-7-5-11/h4-7,9-10,14H,3,8H2,1-2H3/t10-/m1/s1. The highest BCUT2D eigenvalue weighted by Crippen LogP contribution is 2.10. The first-order chi connectivity index (χ1) is 8.31. The van der Waals surface area contributed by atoms with E-state index in [4.69, 9.17) is 0 Å². The normalized spacial score (nSPS) is 12.6. The minimum Gasteiger partial charge on any atom is -0.303 e. The van der Waals surface area contributed by atoms with Gasteiger partial charge in [-0.15, -0.1) is 0 Å². The summed E-state index contributed by atoms with van der Waals surface area (Å²) in [5.74, 6) is 0.966. The first-order valence-corrected chi connectivity index (χ1v) is 5.81. The molecule has 2 heterocycles. The predicted octanol–water partition coefficient (Wildman–Crippen LogP) is 1.54. The Morgan fingerprint density at radius 2 is 2.12 bits per heavy atom. The Bertz CT molecular complexity index is 451. The molecule has 0 radical (unpaired) electrons. The van der Waals surface area contributed by atoms with Crippen molar-refractivity contribution in [3.63, 3.8) is 0 Å². The van der Waals surface area contributed by atoms with Crippen molar-refractivity contribution in [1.29, 1.82) is 0 Å². The summed E-state index contributed by atoms with van der Waals surface area (Å²) in [6, 6.07) is 4.31. The van der Waals surface area contributed by atoms with Crippen molar-refractivity contribution in [3.05, 3.63) is 42.2 Å². The van der Waals surface area contributed by atoms with Gasteiger partial charge in [-0.2, -0.15) is 5.10 Å². The molecule has 0 aromatic carbocycles. The van der Waals surface area contributed by atoms with Gasteiger partial charge < -0.3 is 5.32 Å². The molecule has 17 heavy (non-hydrogen) atoms. The minimum absolute atomic E-state index is 0.278. The van der Waals surface area contributed by atoms with Crippen LogP contribution in [-0.4, -0.2) is 19.7 Å². The largest absolute Gasteiger partial charge is 0.303 e. The molecule has 0 bridgehead atoms. The van der Waals surface area contributed by atoms with Crippen molar-refractivity contribution >= 4 is 0 Å². The van der Waals surface area contributed by atoms with Crippen LogP contribution in [0.1, 0.15) is 31.3 Å². The van der Waals surface area contributed by atoms with Gasteiger partial charge >= 0.3 is 0 Å². The zero-order chi connectivity index (χ0) is 12.1. The third-order valence-electron chi connectivity index (χ3n) is 2.77. The highest BCUT2D eigenvalue weighted by Gasteiger charge is 2.07. The maximum absolute atomic E-state index is 4.23. The topological polar surface area (TPSA) is 55.6 Å². The lowest BCUT2D eigenvalue weighted by atomic mass is 10.1. The molecule has 2 rings (SSSR count). The van der Waals surface area contributed by atoms with Crippen LogP contribution in [0.5, 0.6) is 0 Å². The van der Waals surface area contributed by atoms with E-state index in [1.54, 1.807) is 6.33 Å². The molecule has 1 N–H and O–H groups in total. The Hall–Kier alpha value is -1.75. The molecule has 0 aliphatic carbocycles. The van der Waals surface area contributed by atoms with E-state index >= 15 is 0 Å². The van der Waals surface area contributed by atoms with Gasteiger partial charge in [-0.3, -0.25) is 4.98 Å².